The van der Waals surface area contributed by atoms with E-state index in [2.05, 4.69) is 0 Å². The van der Waals surface area contributed by atoms with E-state index in [0.29, 0.717) is 22.9 Å². The van der Waals surface area contributed by atoms with E-state index in [1.165, 1.54) is 0 Å². The fourth-order valence-electron chi connectivity index (χ4n) is 2.40. The summed E-state index contributed by atoms with van der Waals surface area (Å²) in [5.41, 5.74) is 0.606. The van der Waals surface area contributed by atoms with Gasteiger partial charge in [-0.05, 0) is 31.0 Å². The third-order valence-corrected chi connectivity index (χ3v) is 3.80. The maximum Gasteiger partial charge on any atom is 0.254 e. The average molecular weight is 284 g/mol. The average Bonchev–Trinajstić information content (AvgIpc) is 2.94. The van der Waals surface area contributed by atoms with Gasteiger partial charge in [-0.25, -0.2) is 0 Å². The van der Waals surface area contributed by atoms with Gasteiger partial charge in [-0.3, -0.25) is 4.79 Å². The van der Waals surface area contributed by atoms with Gasteiger partial charge in [0.25, 0.3) is 5.91 Å². The van der Waals surface area contributed by atoms with Crippen molar-refractivity contribution in [3.63, 3.8) is 0 Å². The second-order valence-electron chi connectivity index (χ2n) is 4.52. The molecule has 0 aliphatic carbocycles. The number of alkyl halides is 1. The summed E-state index contributed by atoms with van der Waals surface area (Å²) in [6.45, 7) is 0.768. The molecule has 1 amide bonds. The summed E-state index contributed by atoms with van der Waals surface area (Å²) in [5.74, 6) is 1.67. The van der Waals surface area contributed by atoms with Crippen LogP contribution >= 0.6 is 11.6 Å². The minimum Gasteiger partial charge on any atom is -0.493 e. The van der Waals surface area contributed by atoms with Gasteiger partial charge in [0, 0.05) is 24.0 Å². The second-order valence-corrected chi connectivity index (χ2v) is 4.83. The Bertz CT molecular complexity index is 464. The molecule has 0 aromatic heterocycles. The topological polar surface area (TPSA) is 38.8 Å². The minimum absolute atomic E-state index is 0.00380. The summed E-state index contributed by atoms with van der Waals surface area (Å²) >= 11 is 5.90. The molecular formula is C14H18ClNO3. The molecule has 104 valence electrons. The fourth-order valence-corrected chi connectivity index (χ4v) is 2.72. The number of carbonyl (C=O) groups is 1. The zero-order valence-corrected chi connectivity index (χ0v) is 11.9. The molecule has 1 atom stereocenters. The molecule has 0 saturated carbocycles. The molecule has 2 rings (SSSR count). The molecule has 0 spiro atoms. The number of halogens is 1. The first-order chi connectivity index (χ1) is 9.21. The Morgan fingerprint density at radius 1 is 1.37 bits per heavy atom. The van der Waals surface area contributed by atoms with Crippen LogP contribution in [0.3, 0.4) is 0 Å². The standard InChI is InChI=1S/C14H18ClNO3/c1-18-12-6-5-10(8-13(12)19-2)14(17)16-7-3-4-11(16)9-15/h5-6,8,11H,3-4,7,9H2,1-2H3. The maximum absolute atomic E-state index is 12.5. The highest BCUT2D eigenvalue weighted by molar-refractivity contribution is 6.18. The third-order valence-electron chi connectivity index (χ3n) is 3.45. The molecule has 1 fully saturated rings. The van der Waals surface area contributed by atoms with Crippen LogP contribution in [0.5, 0.6) is 11.5 Å². The Hall–Kier alpha value is -1.42. The van der Waals surface area contributed by atoms with Crippen molar-refractivity contribution < 1.29 is 14.3 Å². The van der Waals surface area contributed by atoms with Gasteiger partial charge in [-0.2, -0.15) is 0 Å². The number of hydrogen-bond donors (Lipinski definition) is 0. The lowest BCUT2D eigenvalue weighted by Crippen LogP contribution is -2.36. The number of ether oxygens (including phenoxy) is 2. The van der Waals surface area contributed by atoms with E-state index in [4.69, 9.17) is 21.1 Å². The number of amides is 1. The van der Waals surface area contributed by atoms with Crippen LogP contribution < -0.4 is 9.47 Å². The molecule has 0 radical (unpaired) electrons. The minimum atomic E-state index is 0.00380. The molecule has 0 N–H and O–H groups in total. The van der Waals surface area contributed by atoms with Crippen molar-refractivity contribution in [2.75, 3.05) is 26.6 Å². The smallest absolute Gasteiger partial charge is 0.254 e. The molecular weight excluding hydrogens is 266 g/mol. The Labute approximate surface area is 118 Å². The highest BCUT2D eigenvalue weighted by atomic mass is 35.5. The Morgan fingerprint density at radius 2 is 2.11 bits per heavy atom. The molecule has 1 aromatic rings. The van der Waals surface area contributed by atoms with E-state index < -0.39 is 0 Å². The molecule has 0 bridgehead atoms. The van der Waals surface area contributed by atoms with Crippen LogP contribution in [0.4, 0.5) is 0 Å². The first-order valence-electron chi connectivity index (χ1n) is 6.30. The summed E-state index contributed by atoms with van der Waals surface area (Å²) in [6, 6.07) is 5.36. The van der Waals surface area contributed by atoms with Gasteiger partial charge in [0.1, 0.15) is 0 Å². The normalized spacial score (nSPS) is 18.5. The summed E-state index contributed by atoms with van der Waals surface area (Å²) in [5, 5.41) is 0. The lowest BCUT2D eigenvalue weighted by Gasteiger charge is -2.23. The van der Waals surface area contributed by atoms with Crippen LogP contribution in [-0.4, -0.2) is 43.5 Å². The number of benzene rings is 1. The molecule has 1 saturated heterocycles. The van der Waals surface area contributed by atoms with Crippen molar-refractivity contribution >= 4 is 17.5 Å². The largest absolute Gasteiger partial charge is 0.493 e. The predicted octanol–water partition coefficient (Wildman–Crippen LogP) is 2.55. The lowest BCUT2D eigenvalue weighted by atomic mass is 10.1. The molecule has 19 heavy (non-hydrogen) atoms. The van der Waals surface area contributed by atoms with Crippen molar-refractivity contribution in [1.82, 2.24) is 4.90 Å². The van der Waals surface area contributed by atoms with Crippen LogP contribution in [-0.2, 0) is 0 Å². The van der Waals surface area contributed by atoms with Crippen LogP contribution in [0.2, 0.25) is 0 Å². The van der Waals surface area contributed by atoms with Crippen molar-refractivity contribution in [2.45, 2.75) is 18.9 Å². The van der Waals surface area contributed by atoms with E-state index in [9.17, 15) is 4.79 Å². The first-order valence-corrected chi connectivity index (χ1v) is 6.83. The number of hydrogen-bond acceptors (Lipinski definition) is 3. The van der Waals surface area contributed by atoms with E-state index in [1.54, 1.807) is 32.4 Å². The molecule has 1 aliphatic heterocycles. The monoisotopic (exact) mass is 283 g/mol. The molecule has 1 heterocycles. The van der Waals surface area contributed by atoms with Crippen molar-refractivity contribution in [2.24, 2.45) is 0 Å². The fraction of sp³-hybridized carbons (Fsp3) is 0.500. The summed E-state index contributed by atoms with van der Waals surface area (Å²) in [7, 11) is 3.13. The number of nitrogens with zero attached hydrogens (tertiary/aromatic N) is 1. The number of methoxy groups -OCH3 is 2. The van der Waals surface area contributed by atoms with Gasteiger partial charge in [0.2, 0.25) is 0 Å². The lowest BCUT2D eigenvalue weighted by molar-refractivity contribution is 0.0748. The Balaban J connectivity index is 2.24. The van der Waals surface area contributed by atoms with E-state index in [0.717, 1.165) is 19.4 Å². The summed E-state index contributed by atoms with van der Waals surface area (Å²) in [4.78, 5) is 14.3. The van der Waals surface area contributed by atoms with Gasteiger partial charge < -0.3 is 14.4 Å². The molecule has 4 nitrogen and oxygen atoms in total. The van der Waals surface area contributed by atoms with E-state index in [-0.39, 0.29) is 11.9 Å². The van der Waals surface area contributed by atoms with Crippen molar-refractivity contribution in [3.05, 3.63) is 23.8 Å². The van der Waals surface area contributed by atoms with Crippen LogP contribution in [0.1, 0.15) is 23.2 Å². The highest BCUT2D eigenvalue weighted by Crippen LogP contribution is 2.29. The van der Waals surface area contributed by atoms with Crippen LogP contribution in [0.15, 0.2) is 18.2 Å². The first kappa shape index (κ1) is 14.0. The van der Waals surface area contributed by atoms with E-state index >= 15 is 0 Å². The zero-order valence-electron chi connectivity index (χ0n) is 11.2. The third kappa shape index (κ3) is 2.78. The van der Waals surface area contributed by atoms with Gasteiger partial charge in [-0.1, -0.05) is 0 Å². The second kappa shape index (κ2) is 6.15. The number of rotatable bonds is 4. The van der Waals surface area contributed by atoms with Crippen LogP contribution in [0, 0.1) is 0 Å². The van der Waals surface area contributed by atoms with Crippen molar-refractivity contribution in [3.8, 4) is 11.5 Å². The van der Waals surface area contributed by atoms with Crippen LogP contribution in [0.25, 0.3) is 0 Å². The quantitative estimate of drug-likeness (QED) is 0.797. The predicted molar refractivity (Wildman–Crippen MR) is 74.3 cm³/mol. The number of carbonyl (C=O) groups excluding carboxylic acids is 1. The van der Waals surface area contributed by atoms with E-state index in [1.807, 2.05) is 4.90 Å². The Kier molecular flexibility index (Phi) is 4.53. The van der Waals surface area contributed by atoms with Gasteiger partial charge in [-0.15, -0.1) is 11.6 Å². The summed E-state index contributed by atoms with van der Waals surface area (Å²) < 4.78 is 10.4. The highest BCUT2D eigenvalue weighted by Gasteiger charge is 2.29. The maximum atomic E-state index is 12.5. The van der Waals surface area contributed by atoms with Gasteiger partial charge >= 0.3 is 0 Å². The Morgan fingerprint density at radius 3 is 2.74 bits per heavy atom. The molecule has 1 unspecified atom stereocenters. The SMILES string of the molecule is COc1ccc(C(=O)N2CCCC2CCl)cc1OC. The summed E-state index contributed by atoms with van der Waals surface area (Å²) in [6.07, 6.45) is 1.99. The van der Waals surface area contributed by atoms with Gasteiger partial charge in [0.15, 0.2) is 11.5 Å². The molecule has 1 aromatic carbocycles. The number of likely N-dealkylation sites (tertiary alicyclic amines) is 1. The van der Waals surface area contributed by atoms with Gasteiger partial charge in [0.05, 0.1) is 14.2 Å². The van der Waals surface area contributed by atoms with Crippen molar-refractivity contribution in [1.29, 1.82) is 0 Å². The molecule has 5 heteroatoms. The molecule has 1 aliphatic rings. The zero-order chi connectivity index (χ0) is 13.8.